The normalized spacial score (nSPS) is 13.2. The number of fused-ring (bicyclic) bond motifs is 3. The Balaban J connectivity index is 1.18. The molecule has 2 aliphatic heterocycles. The first-order valence-electron chi connectivity index (χ1n) is 21.7. The lowest BCUT2D eigenvalue weighted by Gasteiger charge is -2.37. The number of hydrogen-bond acceptors (Lipinski definition) is 3. The van der Waals surface area contributed by atoms with Gasteiger partial charge < -0.3 is 0 Å². The molecule has 0 amide bonds. The minimum Gasteiger partial charge on any atom is -0.240 e. The quantitative estimate of drug-likeness (QED) is 0.102. The fourth-order valence-electron chi connectivity index (χ4n) is 10.1. The van der Waals surface area contributed by atoms with Crippen LogP contribution in [0.5, 0.6) is 0 Å². The van der Waals surface area contributed by atoms with Crippen LogP contribution in [0.2, 0.25) is 0 Å². The summed E-state index contributed by atoms with van der Waals surface area (Å²) in [5.74, 6) is 0. The summed E-state index contributed by atoms with van der Waals surface area (Å²) < 4.78 is 0. The third-order valence-electron chi connectivity index (χ3n) is 12.8. The van der Waals surface area contributed by atoms with E-state index in [0.29, 0.717) is 0 Å². The standard InChI is InChI=1S/C58H45N3Si2/c1-8-24-46(25-9-1)47-42-48(44-56(43-47)63(52-32-16-5-17-33-52,53-34-18-6-19-35-53)54-36-20-7-21-37-54)61-57-39-38-55(45-58(57)59-40-22-23-41-60(59)61)62(49-26-10-2-11-27-49,50-28-12-3-13-29-50)51-30-14-4-15-31-51/h1-45H. The summed E-state index contributed by atoms with van der Waals surface area (Å²) in [6.07, 6.45) is 8.64. The van der Waals surface area contributed by atoms with Gasteiger partial charge in [0.1, 0.15) is 0 Å². The third kappa shape index (κ3) is 6.40. The van der Waals surface area contributed by atoms with Gasteiger partial charge in [0.15, 0.2) is 16.1 Å². The van der Waals surface area contributed by atoms with E-state index in [0.717, 1.165) is 17.1 Å². The number of benzene rings is 9. The van der Waals surface area contributed by atoms with Crippen molar-refractivity contribution < 1.29 is 0 Å². The molecule has 0 saturated carbocycles. The van der Waals surface area contributed by atoms with Crippen LogP contribution in [-0.4, -0.2) is 21.3 Å². The van der Waals surface area contributed by atoms with Gasteiger partial charge in [0.05, 0.1) is 17.1 Å². The highest BCUT2D eigenvalue weighted by Crippen LogP contribution is 2.45. The molecule has 0 N–H and O–H groups in total. The van der Waals surface area contributed by atoms with Crippen molar-refractivity contribution in [3.8, 4) is 11.1 Å². The molecule has 0 atom stereocenters. The van der Waals surface area contributed by atoms with E-state index < -0.39 is 16.1 Å². The lowest BCUT2D eigenvalue weighted by Crippen LogP contribution is -2.74. The average Bonchev–Trinajstić information content (AvgIpc) is 3.71. The molecular weight excluding hydrogens is 795 g/mol. The summed E-state index contributed by atoms with van der Waals surface area (Å²) in [6.45, 7) is 0. The fraction of sp³-hybridized carbons (Fsp3) is 0. The van der Waals surface area contributed by atoms with Crippen molar-refractivity contribution in [3.63, 3.8) is 0 Å². The van der Waals surface area contributed by atoms with Gasteiger partial charge in [-0.15, -0.1) is 0 Å². The lowest BCUT2D eigenvalue weighted by molar-refractivity contribution is 0.408. The molecule has 9 aromatic rings. The van der Waals surface area contributed by atoms with Crippen molar-refractivity contribution >= 4 is 74.7 Å². The number of hydrogen-bond donors (Lipinski definition) is 0. The van der Waals surface area contributed by atoms with Crippen molar-refractivity contribution in [1.29, 1.82) is 0 Å². The molecule has 0 aliphatic carbocycles. The fourth-order valence-corrected chi connectivity index (χ4v) is 19.7. The number of nitrogens with zero attached hydrogens (tertiary/aromatic N) is 3. The molecule has 2 heterocycles. The highest BCUT2D eigenvalue weighted by atomic mass is 28.3. The Bertz CT molecular complexity index is 2860. The van der Waals surface area contributed by atoms with Gasteiger partial charge in [0.2, 0.25) is 0 Å². The second-order valence-corrected chi connectivity index (χ2v) is 23.8. The van der Waals surface area contributed by atoms with E-state index in [1.54, 1.807) is 0 Å². The van der Waals surface area contributed by atoms with E-state index in [1.807, 2.05) is 0 Å². The Hall–Kier alpha value is -7.71. The van der Waals surface area contributed by atoms with Gasteiger partial charge in [-0.25, -0.2) is 10.0 Å². The van der Waals surface area contributed by atoms with Crippen molar-refractivity contribution in [3.05, 3.63) is 273 Å². The van der Waals surface area contributed by atoms with E-state index in [-0.39, 0.29) is 0 Å². The van der Waals surface area contributed by atoms with Crippen LogP contribution in [0.25, 0.3) is 11.1 Å². The SMILES string of the molecule is C1=CN2c3cc([Si](c4ccccc4)(c4ccccc4)c4ccccc4)ccc3N(c3cc(-c4ccccc4)cc([Si](c4ccccc4)(c4ccccc4)c4ccccc4)c3)N2C=C1. The molecule has 5 heteroatoms. The molecule has 0 saturated heterocycles. The first kappa shape index (κ1) is 38.2. The van der Waals surface area contributed by atoms with E-state index in [9.17, 15) is 0 Å². The predicted octanol–water partition coefficient (Wildman–Crippen LogP) is 8.24. The highest BCUT2D eigenvalue weighted by Gasteiger charge is 2.45. The molecule has 3 nitrogen and oxygen atoms in total. The lowest BCUT2D eigenvalue weighted by atomic mass is 10.0. The zero-order chi connectivity index (χ0) is 42.1. The van der Waals surface area contributed by atoms with Gasteiger partial charge in [-0.2, -0.15) is 5.12 Å². The number of anilines is 3. The Kier molecular flexibility index (Phi) is 9.89. The average molecular weight is 840 g/mol. The first-order chi connectivity index (χ1) is 31.3. The molecule has 0 bridgehead atoms. The van der Waals surface area contributed by atoms with Gasteiger partial charge in [-0.1, -0.05) is 224 Å². The summed E-state index contributed by atoms with van der Waals surface area (Å²) in [5, 5.41) is 17.7. The predicted molar refractivity (Wildman–Crippen MR) is 270 cm³/mol. The molecule has 300 valence electrons. The van der Waals surface area contributed by atoms with Crippen LogP contribution in [-0.2, 0) is 0 Å². The van der Waals surface area contributed by atoms with Crippen LogP contribution in [0.15, 0.2) is 273 Å². The Morgan fingerprint density at radius 1 is 0.270 bits per heavy atom. The second-order valence-electron chi connectivity index (χ2n) is 16.2. The minimum atomic E-state index is -2.91. The molecule has 0 radical (unpaired) electrons. The van der Waals surface area contributed by atoms with Gasteiger partial charge in [-0.05, 0) is 89.0 Å². The summed E-state index contributed by atoms with van der Waals surface area (Å²) in [6, 6.07) is 92.7. The van der Waals surface area contributed by atoms with Gasteiger partial charge in [-0.3, -0.25) is 0 Å². The molecule has 9 aromatic carbocycles. The van der Waals surface area contributed by atoms with Crippen molar-refractivity contribution in [2.24, 2.45) is 0 Å². The van der Waals surface area contributed by atoms with Gasteiger partial charge in [0, 0.05) is 12.4 Å². The summed E-state index contributed by atoms with van der Waals surface area (Å²) in [7, 11) is -5.71. The summed E-state index contributed by atoms with van der Waals surface area (Å²) >= 11 is 0. The van der Waals surface area contributed by atoms with E-state index in [4.69, 9.17) is 0 Å². The largest absolute Gasteiger partial charge is 0.240 e. The topological polar surface area (TPSA) is 9.72 Å². The Morgan fingerprint density at radius 3 is 1.11 bits per heavy atom. The summed E-state index contributed by atoms with van der Waals surface area (Å²) in [5.41, 5.74) is 5.72. The second kappa shape index (κ2) is 16.3. The van der Waals surface area contributed by atoms with Crippen LogP contribution in [0.1, 0.15) is 0 Å². The molecule has 11 rings (SSSR count). The molecule has 0 unspecified atom stereocenters. The van der Waals surface area contributed by atoms with Crippen LogP contribution in [0, 0.1) is 0 Å². The Morgan fingerprint density at radius 2 is 0.667 bits per heavy atom. The van der Waals surface area contributed by atoms with Crippen LogP contribution >= 0.6 is 0 Å². The smallest absolute Gasteiger partial charge is 0.179 e. The number of allylic oxidation sites excluding steroid dienone is 2. The number of hydrazine groups is 2. The van der Waals surface area contributed by atoms with E-state index in [1.165, 1.54) is 52.6 Å². The maximum Gasteiger partial charge on any atom is 0.179 e. The zero-order valence-corrected chi connectivity index (χ0v) is 36.8. The number of rotatable bonds is 10. The third-order valence-corrected chi connectivity index (χ3v) is 22.3. The first-order valence-corrected chi connectivity index (χ1v) is 25.7. The van der Waals surface area contributed by atoms with E-state index >= 15 is 0 Å². The molecule has 2 aliphatic rings. The van der Waals surface area contributed by atoms with Crippen molar-refractivity contribution in [2.75, 3.05) is 10.0 Å². The molecule has 0 spiro atoms. The van der Waals surface area contributed by atoms with E-state index in [2.05, 4.69) is 288 Å². The molecule has 0 aromatic heterocycles. The summed E-state index contributed by atoms with van der Waals surface area (Å²) in [4.78, 5) is 0. The van der Waals surface area contributed by atoms with Crippen molar-refractivity contribution in [2.45, 2.75) is 0 Å². The van der Waals surface area contributed by atoms with Gasteiger partial charge >= 0.3 is 0 Å². The monoisotopic (exact) mass is 839 g/mol. The van der Waals surface area contributed by atoms with Gasteiger partial charge in [0.25, 0.3) is 0 Å². The highest BCUT2D eigenvalue weighted by molar-refractivity contribution is 7.20. The minimum absolute atomic E-state index is 1.10. The molecular formula is C58H45N3Si2. The molecule has 63 heavy (non-hydrogen) atoms. The Labute approximate surface area is 372 Å². The molecule has 0 fully saturated rings. The van der Waals surface area contributed by atoms with Crippen LogP contribution in [0.4, 0.5) is 17.1 Å². The zero-order valence-electron chi connectivity index (χ0n) is 34.8. The maximum absolute atomic E-state index is 2.91. The maximum atomic E-state index is 2.48. The van der Waals surface area contributed by atoms with Crippen molar-refractivity contribution in [1.82, 2.24) is 5.12 Å². The van der Waals surface area contributed by atoms with Crippen LogP contribution < -0.4 is 51.5 Å². The van der Waals surface area contributed by atoms with Crippen LogP contribution in [0.3, 0.4) is 0 Å².